The zero-order chi connectivity index (χ0) is 17.6. The molecule has 1 aliphatic carbocycles. The van der Waals surface area contributed by atoms with Crippen molar-refractivity contribution in [2.75, 3.05) is 13.1 Å². The van der Waals surface area contributed by atoms with E-state index in [-0.39, 0.29) is 21.1 Å². The average molecular weight is 377 g/mol. The van der Waals surface area contributed by atoms with Gasteiger partial charge >= 0.3 is 0 Å². The molecule has 1 saturated heterocycles. The number of likely N-dealkylation sites (tertiary alicyclic amines) is 1. The van der Waals surface area contributed by atoms with E-state index in [9.17, 15) is 13.2 Å². The third-order valence-electron chi connectivity index (χ3n) is 5.31. The van der Waals surface area contributed by atoms with E-state index in [1.807, 2.05) is 4.90 Å². The Balaban J connectivity index is 1.55. The van der Waals surface area contributed by atoms with Crippen LogP contribution >= 0.6 is 11.3 Å². The summed E-state index contributed by atoms with van der Waals surface area (Å²) in [4.78, 5) is 15.3. The van der Waals surface area contributed by atoms with Crippen LogP contribution in [0, 0.1) is 11.8 Å². The Morgan fingerprint density at radius 1 is 1.08 bits per heavy atom. The number of nitrogens with two attached hydrogens (primary N) is 1. The molecule has 1 aliphatic heterocycles. The molecule has 4 rings (SSSR count). The van der Waals surface area contributed by atoms with Gasteiger partial charge in [0.15, 0.2) is 0 Å². The second-order valence-electron chi connectivity index (χ2n) is 6.81. The van der Waals surface area contributed by atoms with Crippen molar-refractivity contribution in [2.45, 2.75) is 28.0 Å². The number of amides is 1. The predicted molar refractivity (Wildman–Crippen MR) is 96.3 cm³/mol. The van der Waals surface area contributed by atoms with E-state index in [2.05, 4.69) is 0 Å². The molecule has 2 heterocycles. The molecule has 132 valence electrons. The molecule has 1 amide bonds. The van der Waals surface area contributed by atoms with E-state index in [0.29, 0.717) is 23.3 Å². The lowest BCUT2D eigenvalue weighted by molar-refractivity contribution is 0.0784. The molecule has 0 spiro atoms. The van der Waals surface area contributed by atoms with Crippen molar-refractivity contribution in [1.82, 2.24) is 4.90 Å². The summed E-state index contributed by atoms with van der Waals surface area (Å²) in [5.74, 6) is 0.795. The molecule has 3 atom stereocenters. The summed E-state index contributed by atoms with van der Waals surface area (Å²) in [7, 11) is -3.57. The first-order valence-electron chi connectivity index (χ1n) is 8.41. The first kappa shape index (κ1) is 16.8. The van der Waals surface area contributed by atoms with Gasteiger partial charge in [-0.2, -0.15) is 0 Å². The van der Waals surface area contributed by atoms with Crippen molar-refractivity contribution in [3.05, 3.63) is 47.3 Å². The molecule has 7 heteroatoms. The van der Waals surface area contributed by atoms with E-state index in [4.69, 9.17) is 5.73 Å². The topological polar surface area (TPSA) is 80.5 Å². The minimum atomic E-state index is -3.57. The largest absolute Gasteiger partial charge is 0.337 e. The van der Waals surface area contributed by atoms with Gasteiger partial charge in [-0.05, 0) is 48.9 Å². The van der Waals surface area contributed by atoms with Crippen LogP contribution in [0.15, 0.2) is 51.6 Å². The number of thiophene rings is 1. The van der Waals surface area contributed by atoms with Crippen molar-refractivity contribution < 1.29 is 13.2 Å². The van der Waals surface area contributed by atoms with Crippen LogP contribution in [0.1, 0.15) is 22.5 Å². The number of nitrogens with zero attached hydrogens (tertiary/aromatic N) is 1. The molecule has 3 unspecified atom stereocenters. The van der Waals surface area contributed by atoms with Crippen molar-refractivity contribution in [3.63, 3.8) is 0 Å². The van der Waals surface area contributed by atoms with Crippen molar-refractivity contribution in [1.29, 1.82) is 0 Å². The number of fused-ring (bicyclic) bond motifs is 1. The fraction of sp³-hybridized carbons (Fsp3) is 0.389. The Morgan fingerprint density at radius 3 is 2.56 bits per heavy atom. The predicted octanol–water partition coefficient (Wildman–Crippen LogP) is 2.39. The monoisotopic (exact) mass is 376 g/mol. The normalized spacial score (nSPS) is 26.0. The van der Waals surface area contributed by atoms with Crippen molar-refractivity contribution in [3.8, 4) is 0 Å². The fourth-order valence-corrected chi connectivity index (χ4v) is 6.62. The van der Waals surface area contributed by atoms with Gasteiger partial charge in [0, 0.05) is 19.1 Å². The van der Waals surface area contributed by atoms with Gasteiger partial charge in [-0.15, -0.1) is 11.3 Å². The van der Waals surface area contributed by atoms with E-state index in [1.54, 1.807) is 36.4 Å². The fourth-order valence-electron chi connectivity index (χ4n) is 3.92. The standard InChI is InChI=1S/C18H20N2O3S2/c19-15-7-6-12-10-20(11-14(12)15)18(21)16-8-9-17(24-16)25(22,23)13-4-2-1-3-5-13/h1-5,8-9,12,14-15H,6-7,10-11,19H2. The van der Waals surface area contributed by atoms with E-state index < -0.39 is 9.84 Å². The zero-order valence-electron chi connectivity index (χ0n) is 13.7. The maximum Gasteiger partial charge on any atom is 0.263 e. The number of rotatable bonds is 3. The maximum absolute atomic E-state index is 12.8. The number of hydrogen-bond donors (Lipinski definition) is 1. The van der Waals surface area contributed by atoms with Crippen LogP contribution < -0.4 is 5.73 Å². The lowest BCUT2D eigenvalue weighted by atomic mass is 9.98. The second-order valence-corrected chi connectivity index (χ2v) is 10.1. The van der Waals surface area contributed by atoms with E-state index >= 15 is 0 Å². The molecule has 2 aromatic rings. The number of hydrogen-bond acceptors (Lipinski definition) is 5. The van der Waals surface area contributed by atoms with Gasteiger partial charge < -0.3 is 10.6 Å². The highest BCUT2D eigenvalue weighted by atomic mass is 32.2. The van der Waals surface area contributed by atoms with Crippen LogP contribution in [0.25, 0.3) is 0 Å². The minimum Gasteiger partial charge on any atom is -0.337 e. The molecule has 1 aromatic heterocycles. The van der Waals surface area contributed by atoms with Gasteiger partial charge in [0.05, 0.1) is 9.77 Å². The summed E-state index contributed by atoms with van der Waals surface area (Å²) in [6.45, 7) is 1.42. The van der Waals surface area contributed by atoms with E-state index in [0.717, 1.165) is 30.7 Å². The third kappa shape index (κ3) is 2.90. The van der Waals surface area contributed by atoms with Crippen LogP contribution in [0.5, 0.6) is 0 Å². The number of carbonyl (C=O) groups is 1. The van der Waals surface area contributed by atoms with Gasteiger partial charge in [0.25, 0.3) is 5.91 Å². The first-order chi connectivity index (χ1) is 12.0. The molecule has 1 saturated carbocycles. The van der Waals surface area contributed by atoms with Gasteiger partial charge in [-0.25, -0.2) is 8.42 Å². The Morgan fingerprint density at radius 2 is 1.84 bits per heavy atom. The highest BCUT2D eigenvalue weighted by Gasteiger charge is 2.42. The summed E-state index contributed by atoms with van der Waals surface area (Å²) < 4.78 is 25.5. The summed E-state index contributed by atoms with van der Waals surface area (Å²) in [6.07, 6.45) is 2.11. The molecule has 2 fully saturated rings. The van der Waals surface area contributed by atoms with Gasteiger partial charge in [-0.3, -0.25) is 4.79 Å². The van der Waals surface area contributed by atoms with Crippen LogP contribution in [-0.4, -0.2) is 38.4 Å². The second kappa shape index (κ2) is 6.23. The maximum atomic E-state index is 12.8. The number of carbonyl (C=O) groups excluding carboxylic acids is 1. The molecule has 0 bridgehead atoms. The van der Waals surface area contributed by atoms with Gasteiger partial charge in [-0.1, -0.05) is 18.2 Å². The molecule has 1 aromatic carbocycles. The Hall–Kier alpha value is -1.70. The lowest BCUT2D eigenvalue weighted by Gasteiger charge is -2.17. The zero-order valence-corrected chi connectivity index (χ0v) is 15.3. The Labute approximate surface area is 151 Å². The average Bonchev–Trinajstić information content (AvgIpc) is 3.33. The van der Waals surface area contributed by atoms with Gasteiger partial charge in [0.2, 0.25) is 9.84 Å². The smallest absolute Gasteiger partial charge is 0.263 e. The quantitative estimate of drug-likeness (QED) is 0.892. The van der Waals surface area contributed by atoms with Gasteiger partial charge in [0.1, 0.15) is 4.21 Å². The molecule has 25 heavy (non-hydrogen) atoms. The SMILES string of the molecule is NC1CCC2CN(C(=O)c3ccc(S(=O)(=O)c4ccccc4)s3)CC12. The highest BCUT2D eigenvalue weighted by molar-refractivity contribution is 7.93. The van der Waals surface area contributed by atoms with Crippen molar-refractivity contribution in [2.24, 2.45) is 17.6 Å². The lowest BCUT2D eigenvalue weighted by Crippen LogP contribution is -2.33. The highest BCUT2D eigenvalue weighted by Crippen LogP contribution is 2.38. The van der Waals surface area contributed by atoms with Crippen LogP contribution in [0.2, 0.25) is 0 Å². The summed E-state index contributed by atoms with van der Waals surface area (Å²) in [5.41, 5.74) is 6.13. The molecule has 5 nitrogen and oxygen atoms in total. The van der Waals surface area contributed by atoms with Crippen molar-refractivity contribution >= 4 is 27.1 Å². The molecule has 2 N–H and O–H groups in total. The van der Waals surface area contributed by atoms with Crippen LogP contribution in [0.4, 0.5) is 0 Å². The molecule has 2 aliphatic rings. The summed E-state index contributed by atoms with van der Waals surface area (Å²) in [6, 6.07) is 11.6. The Bertz CT molecular complexity index is 892. The van der Waals surface area contributed by atoms with Crippen LogP contribution in [-0.2, 0) is 9.84 Å². The first-order valence-corrected chi connectivity index (χ1v) is 10.7. The Kier molecular flexibility index (Phi) is 4.17. The van der Waals surface area contributed by atoms with Crippen LogP contribution in [0.3, 0.4) is 0 Å². The van der Waals surface area contributed by atoms with E-state index in [1.165, 1.54) is 6.07 Å². The molecular formula is C18H20N2O3S2. The molecule has 0 radical (unpaired) electrons. The number of benzene rings is 1. The molecular weight excluding hydrogens is 356 g/mol. The summed E-state index contributed by atoms with van der Waals surface area (Å²) in [5, 5.41) is 0. The minimum absolute atomic E-state index is 0.0823. The summed E-state index contributed by atoms with van der Waals surface area (Å²) >= 11 is 1.05. The third-order valence-corrected chi connectivity index (χ3v) is 8.64. The number of sulfone groups is 1.